The molecule has 0 aromatic rings. The topological polar surface area (TPSA) is 40.6 Å². The van der Waals surface area contributed by atoms with Crippen LogP contribution in [0.2, 0.25) is 0 Å². The van der Waals surface area contributed by atoms with Gasteiger partial charge in [0.2, 0.25) is 10.0 Å². The maximum atomic E-state index is 12.2. The molecule has 105 valence electrons. The second kappa shape index (κ2) is 7.12. The van der Waals surface area contributed by atoms with Crippen molar-refractivity contribution in [3.63, 3.8) is 0 Å². The first-order valence-corrected chi connectivity index (χ1v) is 9.54. The molecule has 18 heavy (non-hydrogen) atoms. The minimum atomic E-state index is -3.03. The van der Waals surface area contributed by atoms with Crippen molar-refractivity contribution in [1.29, 1.82) is 0 Å². The predicted molar refractivity (Wildman–Crippen MR) is 77.3 cm³/mol. The molecule has 0 N–H and O–H groups in total. The molecule has 1 radical (unpaired) electrons. The van der Waals surface area contributed by atoms with Crippen LogP contribution in [0.4, 0.5) is 0 Å². The molecule has 0 aliphatic carbocycles. The van der Waals surface area contributed by atoms with E-state index in [1.807, 2.05) is 11.8 Å². The van der Waals surface area contributed by atoms with Gasteiger partial charge in [0.05, 0.1) is 5.75 Å². The fraction of sp³-hybridized carbons (Fsp3) is 0.917. The van der Waals surface area contributed by atoms with Gasteiger partial charge in [0.25, 0.3) is 0 Å². The smallest absolute Gasteiger partial charge is 0.215 e. The van der Waals surface area contributed by atoms with Gasteiger partial charge in [0, 0.05) is 31.9 Å². The van der Waals surface area contributed by atoms with E-state index in [0.29, 0.717) is 19.6 Å². The third-order valence-corrected chi connectivity index (χ3v) is 6.44. The summed E-state index contributed by atoms with van der Waals surface area (Å²) in [6.45, 7) is 4.14. The number of rotatable bonds is 4. The van der Waals surface area contributed by atoms with Gasteiger partial charge in [-0.15, -0.1) is 0 Å². The molecule has 0 amide bonds. The van der Waals surface area contributed by atoms with Crippen molar-refractivity contribution in [2.45, 2.75) is 19.3 Å². The first kappa shape index (κ1) is 14.6. The molecular formula is C12H23N2O2S2. The Morgan fingerprint density at radius 1 is 1.06 bits per heavy atom. The van der Waals surface area contributed by atoms with E-state index in [0.717, 1.165) is 31.7 Å². The van der Waals surface area contributed by atoms with E-state index in [1.54, 1.807) is 4.31 Å². The number of piperidine rings is 1. The fourth-order valence-electron chi connectivity index (χ4n) is 2.40. The zero-order valence-electron chi connectivity index (χ0n) is 10.9. The molecule has 0 unspecified atom stereocenters. The number of thioether (sulfide) groups is 1. The summed E-state index contributed by atoms with van der Waals surface area (Å²) in [5.41, 5.74) is 0. The van der Waals surface area contributed by atoms with Crippen LogP contribution in [0.3, 0.4) is 0 Å². The van der Waals surface area contributed by atoms with Crippen LogP contribution in [-0.2, 0) is 10.0 Å². The van der Waals surface area contributed by atoms with Gasteiger partial charge in [-0.1, -0.05) is 0 Å². The molecule has 0 spiro atoms. The average molecular weight is 291 g/mol. The van der Waals surface area contributed by atoms with Gasteiger partial charge in [0.1, 0.15) is 0 Å². The number of hydrogen-bond donors (Lipinski definition) is 0. The highest BCUT2D eigenvalue weighted by Crippen LogP contribution is 2.14. The molecule has 0 bridgehead atoms. The Kier molecular flexibility index (Phi) is 5.79. The van der Waals surface area contributed by atoms with Gasteiger partial charge >= 0.3 is 0 Å². The van der Waals surface area contributed by atoms with Crippen molar-refractivity contribution in [3.05, 3.63) is 6.42 Å². The lowest BCUT2D eigenvalue weighted by atomic mass is 10.2. The van der Waals surface area contributed by atoms with Crippen LogP contribution in [0, 0.1) is 6.42 Å². The quantitative estimate of drug-likeness (QED) is 0.776. The molecule has 2 heterocycles. The summed E-state index contributed by atoms with van der Waals surface area (Å²) in [4.78, 5) is 2.30. The second-order valence-electron chi connectivity index (χ2n) is 4.89. The molecule has 2 aliphatic rings. The minimum absolute atomic E-state index is 0.289. The zero-order chi connectivity index (χ0) is 12.8. The first-order chi connectivity index (χ1) is 8.68. The zero-order valence-corrected chi connectivity index (χ0v) is 12.5. The molecule has 2 rings (SSSR count). The summed E-state index contributed by atoms with van der Waals surface area (Å²) < 4.78 is 26.1. The van der Waals surface area contributed by atoms with Crippen LogP contribution in [0.1, 0.15) is 19.3 Å². The van der Waals surface area contributed by atoms with Crippen LogP contribution in [0.15, 0.2) is 0 Å². The highest BCUT2D eigenvalue weighted by Gasteiger charge is 2.24. The van der Waals surface area contributed by atoms with Gasteiger partial charge in [0.15, 0.2) is 0 Å². The monoisotopic (exact) mass is 291 g/mol. The lowest BCUT2D eigenvalue weighted by Crippen LogP contribution is -2.41. The van der Waals surface area contributed by atoms with E-state index < -0.39 is 10.0 Å². The van der Waals surface area contributed by atoms with Gasteiger partial charge in [-0.05, 0) is 38.0 Å². The Labute approximate surface area is 115 Å². The molecule has 2 aliphatic heterocycles. The molecule has 0 atom stereocenters. The summed E-state index contributed by atoms with van der Waals surface area (Å²) in [7, 11) is -3.03. The normalized spacial score (nSPS) is 24.9. The molecule has 2 fully saturated rings. The van der Waals surface area contributed by atoms with Crippen LogP contribution in [0.5, 0.6) is 0 Å². The van der Waals surface area contributed by atoms with Crippen molar-refractivity contribution >= 4 is 21.8 Å². The van der Waals surface area contributed by atoms with Gasteiger partial charge in [-0.2, -0.15) is 11.8 Å². The van der Waals surface area contributed by atoms with Crippen molar-refractivity contribution in [1.82, 2.24) is 9.21 Å². The second-order valence-corrected chi connectivity index (χ2v) is 8.20. The van der Waals surface area contributed by atoms with Crippen molar-refractivity contribution in [2.24, 2.45) is 0 Å². The van der Waals surface area contributed by atoms with E-state index in [1.165, 1.54) is 12.2 Å². The Morgan fingerprint density at radius 2 is 1.83 bits per heavy atom. The standard InChI is InChI=1S/C12H23N2O2S2/c15-18(16,14-6-2-1-3-7-14)12-9-13-5-4-10-17-11-8-13/h1H,2-12H2. The van der Waals surface area contributed by atoms with Crippen LogP contribution < -0.4 is 0 Å². The number of sulfonamides is 1. The summed E-state index contributed by atoms with van der Waals surface area (Å²) in [6, 6.07) is 0. The summed E-state index contributed by atoms with van der Waals surface area (Å²) in [6.07, 6.45) is 5.17. The van der Waals surface area contributed by atoms with E-state index >= 15 is 0 Å². The molecule has 0 aromatic heterocycles. The summed E-state index contributed by atoms with van der Waals surface area (Å²) in [5.74, 6) is 2.64. The summed E-state index contributed by atoms with van der Waals surface area (Å²) in [5, 5.41) is 0. The lowest BCUT2D eigenvalue weighted by Gasteiger charge is -2.27. The molecule has 0 saturated carbocycles. The van der Waals surface area contributed by atoms with Crippen LogP contribution >= 0.6 is 11.8 Å². The molecule has 4 nitrogen and oxygen atoms in total. The Hall–Kier alpha value is 0.220. The van der Waals surface area contributed by atoms with Gasteiger partial charge < -0.3 is 4.90 Å². The maximum absolute atomic E-state index is 12.2. The van der Waals surface area contributed by atoms with Crippen molar-refractivity contribution < 1.29 is 8.42 Å². The van der Waals surface area contributed by atoms with E-state index in [-0.39, 0.29) is 5.75 Å². The summed E-state index contributed by atoms with van der Waals surface area (Å²) >= 11 is 1.98. The van der Waals surface area contributed by atoms with Gasteiger partial charge in [-0.25, -0.2) is 12.7 Å². The molecular weight excluding hydrogens is 268 g/mol. The average Bonchev–Trinajstić information content (AvgIpc) is 2.66. The van der Waals surface area contributed by atoms with E-state index in [9.17, 15) is 8.42 Å². The largest absolute Gasteiger partial charge is 0.301 e. The highest BCUT2D eigenvalue weighted by molar-refractivity contribution is 7.99. The highest BCUT2D eigenvalue weighted by atomic mass is 32.2. The Morgan fingerprint density at radius 3 is 2.61 bits per heavy atom. The van der Waals surface area contributed by atoms with Crippen LogP contribution in [-0.4, -0.2) is 67.6 Å². The maximum Gasteiger partial charge on any atom is 0.215 e. The third-order valence-electron chi connectivity index (χ3n) is 3.54. The SMILES string of the molecule is O=S(=O)(CCN1CCCSCC1)N1CC[CH]CC1. The van der Waals surface area contributed by atoms with Crippen molar-refractivity contribution in [3.8, 4) is 0 Å². The first-order valence-electron chi connectivity index (χ1n) is 6.78. The van der Waals surface area contributed by atoms with Crippen LogP contribution in [0.25, 0.3) is 0 Å². The van der Waals surface area contributed by atoms with E-state index in [2.05, 4.69) is 11.3 Å². The lowest BCUT2D eigenvalue weighted by molar-refractivity contribution is 0.308. The number of hydrogen-bond acceptors (Lipinski definition) is 4. The number of nitrogens with zero attached hydrogens (tertiary/aromatic N) is 2. The predicted octanol–water partition coefficient (Wildman–Crippen LogP) is 1.06. The Bertz CT molecular complexity index is 332. The molecule has 0 aromatic carbocycles. The Balaban J connectivity index is 1.80. The molecule has 6 heteroatoms. The van der Waals surface area contributed by atoms with E-state index in [4.69, 9.17) is 0 Å². The molecule has 2 saturated heterocycles. The fourth-order valence-corrected chi connectivity index (χ4v) is 4.84. The van der Waals surface area contributed by atoms with Crippen molar-refractivity contribution in [2.75, 3.05) is 50.0 Å². The third kappa shape index (κ3) is 4.40. The minimum Gasteiger partial charge on any atom is -0.301 e. The van der Waals surface area contributed by atoms with Gasteiger partial charge in [-0.3, -0.25) is 0 Å².